The normalized spacial score (nSPS) is 22.9. The molecule has 8 heteroatoms. The molecule has 1 saturated heterocycles. The van der Waals surface area contributed by atoms with Crippen LogP contribution < -0.4 is 10.2 Å². The molecular formula is C23H23F3N4O. The van der Waals surface area contributed by atoms with Crippen LogP contribution in [-0.4, -0.2) is 34.5 Å². The Morgan fingerprint density at radius 2 is 1.84 bits per heavy atom. The second-order valence-corrected chi connectivity index (χ2v) is 7.91. The predicted octanol–water partition coefficient (Wildman–Crippen LogP) is 3.80. The van der Waals surface area contributed by atoms with Crippen LogP contribution >= 0.6 is 0 Å². The molecule has 162 valence electrons. The lowest BCUT2D eigenvalue weighted by Crippen LogP contribution is -2.47. The second kappa shape index (κ2) is 8.96. The zero-order chi connectivity index (χ0) is 21.8. The van der Waals surface area contributed by atoms with Gasteiger partial charge in [0.1, 0.15) is 6.04 Å². The first-order valence-electron chi connectivity index (χ1n) is 10.4. The molecule has 0 bridgehead atoms. The van der Waals surface area contributed by atoms with E-state index in [-0.39, 0.29) is 24.5 Å². The minimum Gasteiger partial charge on any atom is -0.343 e. The summed E-state index contributed by atoms with van der Waals surface area (Å²) in [6.07, 6.45) is 4.21. The summed E-state index contributed by atoms with van der Waals surface area (Å²) < 4.78 is 37.9. The molecule has 1 aromatic heterocycles. The number of nitrogens with zero attached hydrogens (tertiary/aromatic N) is 3. The van der Waals surface area contributed by atoms with E-state index in [1.165, 1.54) is 18.6 Å². The van der Waals surface area contributed by atoms with E-state index < -0.39 is 11.7 Å². The lowest BCUT2D eigenvalue weighted by atomic mass is 9.85. The van der Waals surface area contributed by atoms with Gasteiger partial charge >= 0.3 is 6.18 Å². The fourth-order valence-corrected chi connectivity index (χ4v) is 4.54. The number of rotatable bonds is 3. The van der Waals surface area contributed by atoms with E-state index in [1.807, 2.05) is 0 Å². The highest BCUT2D eigenvalue weighted by molar-refractivity contribution is 5.85. The van der Waals surface area contributed by atoms with Gasteiger partial charge in [-0.2, -0.15) is 13.2 Å². The van der Waals surface area contributed by atoms with Crippen molar-refractivity contribution in [1.82, 2.24) is 15.3 Å². The number of hydrogen-bond acceptors (Lipinski definition) is 4. The van der Waals surface area contributed by atoms with Crippen molar-refractivity contribution in [3.05, 3.63) is 53.9 Å². The van der Waals surface area contributed by atoms with Gasteiger partial charge in [0, 0.05) is 24.0 Å². The third kappa shape index (κ3) is 4.82. The minimum atomic E-state index is -4.37. The monoisotopic (exact) mass is 428 g/mol. The molecule has 1 aliphatic carbocycles. The van der Waals surface area contributed by atoms with E-state index in [1.54, 1.807) is 18.5 Å². The van der Waals surface area contributed by atoms with E-state index in [4.69, 9.17) is 0 Å². The molecule has 0 unspecified atom stereocenters. The predicted molar refractivity (Wildman–Crippen MR) is 110 cm³/mol. The summed E-state index contributed by atoms with van der Waals surface area (Å²) >= 11 is 0. The molecule has 1 saturated carbocycles. The van der Waals surface area contributed by atoms with Gasteiger partial charge in [0.05, 0.1) is 12.1 Å². The smallest absolute Gasteiger partial charge is 0.343 e. The Kier molecular flexibility index (Phi) is 6.12. The highest BCUT2D eigenvalue weighted by Crippen LogP contribution is 2.41. The molecule has 1 aliphatic heterocycles. The van der Waals surface area contributed by atoms with E-state index in [2.05, 4.69) is 32.0 Å². The van der Waals surface area contributed by atoms with Crippen LogP contribution in [0.5, 0.6) is 0 Å². The first-order chi connectivity index (χ1) is 14.9. The van der Waals surface area contributed by atoms with Crippen LogP contribution in [0.4, 0.5) is 19.1 Å². The number of hydrogen-bond donors (Lipinski definition) is 1. The lowest BCUT2D eigenvalue weighted by Gasteiger charge is -2.33. The number of aromatic nitrogens is 2. The Hall–Kier alpha value is -3.08. The van der Waals surface area contributed by atoms with Crippen molar-refractivity contribution in [2.24, 2.45) is 5.92 Å². The van der Waals surface area contributed by atoms with Crippen LogP contribution in [0.25, 0.3) is 0 Å². The van der Waals surface area contributed by atoms with Crippen LogP contribution in [0, 0.1) is 17.8 Å². The van der Waals surface area contributed by atoms with Crippen LogP contribution in [0.3, 0.4) is 0 Å². The molecule has 2 fully saturated rings. The third-order valence-electron chi connectivity index (χ3n) is 5.97. The van der Waals surface area contributed by atoms with Crippen LogP contribution in [0.1, 0.15) is 43.2 Å². The van der Waals surface area contributed by atoms with Gasteiger partial charge in [0.25, 0.3) is 0 Å². The van der Waals surface area contributed by atoms with Crippen molar-refractivity contribution in [3.63, 3.8) is 0 Å². The first kappa shape index (κ1) is 21.2. The number of benzene rings is 1. The number of amides is 1. The van der Waals surface area contributed by atoms with Crippen molar-refractivity contribution in [1.29, 1.82) is 0 Å². The summed E-state index contributed by atoms with van der Waals surface area (Å²) in [7, 11) is 0. The molecular weight excluding hydrogens is 405 g/mol. The Balaban J connectivity index is 1.40. The topological polar surface area (TPSA) is 58.1 Å². The highest BCUT2D eigenvalue weighted by atomic mass is 19.4. The molecule has 2 heterocycles. The van der Waals surface area contributed by atoms with E-state index in [0.717, 1.165) is 37.8 Å². The van der Waals surface area contributed by atoms with Gasteiger partial charge in [-0.3, -0.25) is 4.79 Å². The zero-order valence-corrected chi connectivity index (χ0v) is 16.9. The molecule has 0 radical (unpaired) electrons. The first-order valence-corrected chi connectivity index (χ1v) is 10.4. The summed E-state index contributed by atoms with van der Waals surface area (Å²) in [5, 5.41) is 2.85. The number of anilines is 1. The maximum atomic E-state index is 12.9. The Bertz CT molecular complexity index is 966. The summed E-state index contributed by atoms with van der Waals surface area (Å²) in [6.45, 7) is 0.120. The Morgan fingerprint density at radius 3 is 2.55 bits per heavy atom. The third-order valence-corrected chi connectivity index (χ3v) is 5.97. The average Bonchev–Trinajstić information content (AvgIpc) is 3.17. The number of fused-ring (bicyclic) bond motifs is 1. The van der Waals surface area contributed by atoms with E-state index in [0.29, 0.717) is 17.4 Å². The van der Waals surface area contributed by atoms with Gasteiger partial charge in [-0.05, 0) is 55.5 Å². The van der Waals surface area contributed by atoms with Crippen molar-refractivity contribution in [2.45, 2.75) is 50.4 Å². The van der Waals surface area contributed by atoms with Crippen molar-refractivity contribution in [3.8, 4) is 11.8 Å². The average molecular weight is 428 g/mol. The number of nitrogens with one attached hydrogen (secondary N) is 1. The summed E-state index contributed by atoms with van der Waals surface area (Å²) in [6, 6.07) is 6.33. The van der Waals surface area contributed by atoms with Gasteiger partial charge in [0.2, 0.25) is 11.9 Å². The summed E-state index contributed by atoms with van der Waals surface area (Å²) in [4.78, 5) is 23.7. The largest absolute Gasteiger partial charge is 0.416 e. The Morgan fingerprint density at radius 1 is 1.13 bits per heavy atom. The molecule has 3 atom stereocenters. The van der Waals surface area contributed by atoms with Crippen molar-refractivity contribution in [2.75, 3.05) is 11.4 Å². The highest BCUT2D eigenvalue weighted by Gasteiger charge is 2.46. The SMILES string of the molecule is O=C(NCC#Cc1ccc(C(F)(F)F)cc1)[C@@H]1C[C@@H]2CCCC[C@@H]2N1c1ncccn1. The quantitative estimate of drug-likeness (QED) is 0.756. The number of carbonyl (C=O) groups is 1. The van der Waals surface area contributed by atoms with Crippen LogP contribution in [0.15, 0.2) is 42.7 Å². The molecule has 31 heavy (non-hydrogen) atoms. The van der Waals surface area contributed by atoms with Crippen molar-refractivity contribution >= 4 is 11.9 Å². The van der Waals surface area contributed by atoms with Crippen molar-refractivity contribution < 1.29 is 18.0 Å². The maximum Gasteiger partial charge on any atom is 0.416 e. The van der Waals surface area contributed by atoms with E-state index in [9.17, 15) is 18.0 Å². The molecule has 4 rings (SSSR count). The van der Waals surface area contributed by atoms with Gasteiger partial charge < -0.3 is 10.2 Å². The Labute approximate surface area is 179 Å². The van der Waals surface area contributed by atoms with Gasteiger partial charge in [-0.25, -0.2) is 9.97 Å². The summed E-state index contributed by atoms with van der Waals surface area (Å²) in [5.41, 5.74) is -0.245. The van der Waals surface area contributed by atoms with Gasteiger partial charge in [-0.1, -0.05) is 24.7 Å². The van der Waals surface area contributed by atoms with Crippen LogP contribution in [-0.2, 0) is 11.0 Å². The molecule has 1 aromatic carbocycles. The zero-order valence-electron chi connectivity index (χ0n) is 16.9. The fraction of sp³-hybridized carbons (Fsp3) is 0.435. The van der Waals surface area contributed by atoms with Gasteiger partial charge in [-0.15, -0.1) is 0 Å². The van der Waals surface area contributed by atoms with Gasteiger partial charge in [0.15, 0.2) is 0 Å². The number of carbonyl (C=O) groups excluding carboxylic acids is 1. The standard InChI is InChI=1S/C23H23F3N4O/c24-23(25,26)18-10-8-16(9-11-18)5-3-12-27-21(31)20-15-17-6-1-2-7-19(17)30(20)22-28-13-4-14-29-22/h4,8-11,13-14,17,19-20H,1-2,6-7,12,15H2,(H,27,31)/t17-,19-,20-/m0/s1. The number of halogens is 3. The summed E-state index contributed by atoms with van der Waals surface area (Å²) in [5.74, 6) is 6.52. The fourth-order valence-electron chi connectivity index (χ4n) is 4.54. The molecule has 2 aromatic rings. The molecule has 5 nitrogen and oxygen atoms in total. The molecule has 2 aliphatic rings. The second-order valence-electron chi connectivity index (χ2n) is 7.91. The number of alkyl halides is 3. The maximum absolute atomic E-state index is 12.9. The molecule has 0 spiro atoms. The lowest BCUT2D eigenvalue weighted by molar-refractivity contribution is -0.137. The van der Waals surface area contributed by atoms with E-state index >= 15 is 0 Å². The molecule has 1 N–H and O–H groups in total. The molecule has 1 amide bonds. The minimum absolute atomic E-state index is 0.120. The van der Waals surface area contributed by atoms with Crippen LogP contribution in [0.2, 0.25) is 0 Å².